The Morgan fingerprint density at radius 2 is 2.22 bits per heavy atom. The van der Waals surface area contributed by atoms with E-state index in [4.69, 9.17) is 5.73 Å². The van der Waals surface area contributed by atoms with Crippen molar-refractivity contribution in [3.05, 3.63) is 34.1 Å². The van der Waals surface area contributed by atoms with E-state index in [1.807, 2.05) is 0 Å². The number of nitro groups is 1. The average molecular weight is 255 g/mol. The molecule has 0 aliphatic heterocycles. The van der Waals surface area contributed by atoms with E-state index in [0.29, 0.717) is 6.42 Å². The number of hydrogen-bond donors (Lipinski definition) is 2. The number of nitrogens with zero attached hydrogens (tertiary/aromatic N) is 1. The highest BCUT2D eigenvalue weighted by atomic mass is 19.1. The van der Waals surface area contributed by atoms with Crippen molar-refractivity contribution in [1.29, 1.82) is 0 Å². The zero-order valence-corrected chi connectivity index (χ0v) is 9.85. The fourth-order valence-corrected chi connectivity index (χ4v) is 1.33. The molecule has 0 radical (unpaired) electrons. The largest absolute Gasteiger partial charge is 0.328 e. The Bertz CT molecular complexity index is 463. The predicted octanol–water partition coefficient (Wildman–Crippen LogP) is 1.80. The topological polar surface area (TPSA) is 98.3 Å². The molecule has 0 saturated heterocycles. The normalized spacial score (nSPS) is 11.9. The smallest absolute Gasteiger partial charge is 0.274 e. The zero-order valence-electron chi connectivity index (χ0n) is 9.85. The Kier molecular flexibility index (Phi) is 4.73. The first-order chi connectivity index (χ1) is 8.38. The quantitative estimate of drug-likeness (QED) is 0.619. The number of carbonyl (C=O) groups excluding carboxylic acids is 1. The predicted molar refractivity (Wildman–Crippen MR) is 64.6 cm³/mol. The molecule has 6 nitrogen and oxygen atoms in total. The lowest BCUT2D eigenvalue weighted by Crippen LogP contribution is -2.19. The second-order valence-corrected chi connectivity index (χ2v) is 4.02. The first kappa shape index (κ1) is 14.0. The Hall–Kier alpha value is -2.02. The summed E-state index contributed by atoms with van der Waals surface area (Å²) in [5.41, 5.74) is 5.15. The number of carbonyl (C=O) groups is 1. The number of anilines is 1. The van der Waals surface area contributed by atoms with Crippen LogP contribution in [0.1, 0.15) is 19.8 Å². The van der Waals surface area contributed by atoms with Crippen molar-refractivity contribution < 1.29 is 14.1 Å². The van der Waals surface area contributed by atoms with Crippen LogP contribution < -0.4 is 11.1 Å². The van der Waals surface area contributed by atoms with E-state index in [1.165, 1.54) is 0 Å². The van der Waals surface area contributed by atoms with Gasteiger partial charge in [0.1, 0.15) is 5.82 Å². The SMILES string of the molecule is CC(N)CCC(=O)Nc1cc(F)cc([N+](=O)[O-])c1. The van der Waals surface area contributed by atoms with Gasteiger partial charge >= 0.3 is 0 Å². The summed E-state index contributed by atoms with van der Waals surface area (Å²) in [4.78, 5) is 21.2. The molecular weight excluding hydrogens is 241 g/mol. The maximum atomic E-state index is 13.1. The molecule has 3 N–H and O–H groups in total. The Morgan fingerprint density at radius 1 is 1.56 bits per heavy atom. The average Bonchev–Trinajstić information content (AvgIpc) is 2.25. The summed E-state index contributed by atoms with van der Waals surface area (Å²) in [7, 11) is 0. The summed E-state index contributed by atoms with van der Waals surface area (Å²) in [5, 5.41) is 12.9. The molecule has 1 atom stereocenters. The van der Waals surface area contributed by atoms with E-state index in [9.17, 15) is 19.3 Å². The Morgan fingerprint density at radius 3 is 2.78 bits per heavy atom. The second kappa shape index (κ2) is 6.06. The summed E-state index contributed by atoms with van der Waals surface area (Å²) in [6.45, 7) is 1.76. The van der Waals surface area contributed by atoms with Gasteiger partial charge in [-0.1, -0.05) is 0 Å². The van der Waals surface area contributed by atoms with Crippen LogP contribution in [-0.4, -0.2) is 16.9 Å². The minimum absolute atomic E-state index is 0.0661. The molecule has 1 amide bonds. The van der Waals surface area contributed by atoms with Gasteiger partial charge in [-0.05, 0) is 19.4 Å². The molecule has 0 bridgehead atoms. The van der Waals surface area contributed by atoms with Gasteiger partial charge in [-0.15, -0.1) is 0 Å². The van der Waals surface area contributed by atoms with Crippen molar-refractivity contribution in [2.75, 3.05) is 5.32 Å². The van der Waals surface area contributed by atoms with Crippen LogP contribution in [0.15, 0.2) is 18.2 Å². The van der Waals surface area contributed by atoms with Crippen LogP contribution in [0.4, 0.5) is 15.8 Å². The van der Waals surface area contributed by atoms with E-state index in [2.05, 4.69) is 5.32 Å². The summed E-state index contributed by atoms with van der Waals surface area (Å²) in [6, 6.07) is 2.80. The highest BCUT2D eigenvalue weighted by Crippen LogP contribution is 2.20. The van der Waals surface area contributed by atoms with Crippen molar-refractivity contribution in [3.8, 4) is 0 Å². The number of nitrogens with two attached hydrogens (primary N) is 1. The van der Waals surface area contributed by atoms with Gasteiger partial charge < -0.3 is 11.1 Å². The first-order valence-corrected chi connectivity index (χ1v) is 5.39. The zero-order chi connectivity index (χ0) is 13.7. The van der Waals surface area contributed by atoms with E-state index in [1.54, 1.807) is 6.92 Å². The molecule has 98 valence electrons. The third-order valence-corrected chi connectivity index (χ3v) is 2.20. The van der Waals surface area contributed by atoms with Gasteiger partial charge in [0.05, 0.1) is 16.7 Å². The highest BCUT2D eigenvalue weighted by molar-refractivity contribution is 5.91. The van der Waals surface area contributed by atoms with Crippen molar-refractivity contribution in [1.82, 2.24) is 0 Å². The monoisotopic (exact) mass is 255 g/mol. The third kappa shape index (κ3) is 4.46. The number of halogens is 1. The van der Waals surface area contributed by atoms with E-state index in [-0.39, 0.29) is 24.1 Å². The molecule has 0 aliphatic rings. The van der Waals surface area contributed by atoms with E-state index < -0.39 is 16.4 Å². The van der Waals surface area contributed by atoms with Crippen molar-refractivity contribution >= 4 is 17.3 Å². The Labute approximate surface area is 103 Å². The fourth-order valence-electron chi connectivity index (χ4n) is 1.33. The maximum Gasteiger partial charge on any atom is 0.274 e. The minimum atomic E-state index is -0.772. The molecule has 0 saturated carbocycles. The van der Waals surface area contributed by atoms with Gasteiger partial charge in [0.2, 0.25) is 5.91 Å². The van der Waals surface area contributed by atoms with Crippen LogP contribution in [0.3, 0.4) is 0 Å². The lowest BCUT2D eigenvalue weighted by atomic mass is 10.2. The standard InChI is InChI=1S/C11H14FN3O3/c1-7(13)2-3-11(16)14-9-4-8(12)5-10(6-9)15(17)18/h4-7H,2-3,13H2,1H3,(H,14,16). The van der Waals surface area contributed by atoms with Crippen LogP contribution in [-0.2, 0) is 4.79 Å². The number of amides is 1. The summed E-state index contributed by atoms with van der Waals surface area (Å²) < 4.78 is 13.1. The highest BCUT2D eigenvalue weighted by Gasteiger charge is 2.11. The molecule has 1 unspecified atom stereocenters. The van der Waals surface area contributed by atoms with E-state index in [0.717, 1.165) is 18.2 Å². The van der Waals surface area contributed by atoms with Gasteiger partial charge in [-0.3, -0.25) is 14.9 Å². The minimum Gasteiger partial charge on any atom is -0.328 e. The fraction of sp³-hybridized carbons (Fsp3) is 0.364. The number of non-ortho nitro benzene ring substituents is 1. The molecule has 1 aromatic rings. The molecule has 0 spiro atoms. The van der Waals surface area contributed by atoms with Gasteiger partial charge in [0, 0.05) is 18.5 Å². The number of rotatable bonds is 5. The molecule has 7 heteroatoms. The number of hydrogen-bond acceptors (Lipinski definition) is 4. The molecule has 0 heterocycles. The van der Waals surface area contributed by atoms with Crippen LogP contribution in [0, 0.1) is 15.9 Å². The summed E-state index contributed by atoms with van der Waals surface area (Å²) in [5.74, 6) is -1.13. The van der Waals surface area contributed by atoms with Crippen LogP contribution in [0.5, 0.6) is 0 Å². The van der Waals surface area contributed by atoms with Crippen LogP contribution >= 0.6 is 0 Å². The van der Waals surface area contributed by atoms with Crippen molar-refractivity contribution in [2.45, 2.75) is 25.8 Å². The number of nitro benzene ring substituents is 1. The molecule has 0 aromatic heterocycles. The second-order valence-electron chi connectivity index (χ2n) is 4.02. The lowest BCUT2D eigenvalue weighted by Gasteiger charge is -2.07. The van der Waals surface area contributed by atoms with E-state index >= 15 is 0 Å². The van der Waals surface area contributed by atoms with Crippen molar-refractivity contribution in [2.24, 2.45) is 5.73 Å². The molecule has 1 aromatic carbocycles. The van der Waals surface area contributed by atoms with Crippen molar-refractivity contribution in [3.63, 3.8) is 0 Å². The molecule has 18 heavy (non-hydrogen) atoms. The molecule has 1 rings (SSSR count). The number of nitrogens with one attached hydrogen (secondary N) is 1. The maximum absolute atomic E-state index is 13.1. The Balaban J connectivity index is 2.72. The lowest BCUT2D eigenvalue weighted by molar-refractivity contribution is -0.385. The first-order valence-electron chi connectivity index (χ1n) is 5.39. The van der Waals surface area contributed by atoms with Gasteiger partial charge in [-0.25, -0.2) is 4.39 Å². The molecule has 0 aliphatic carbocycles. The van der Waals surface area contributed by atoms with Crippen LogP contribution in [0.2, 0.25) is 0 Å². The van der Waals surface area contributed by atoms with Gasteiger partial charge in [0.15, 0.2) is 0 Å². The van der Waals surface area contributed by atoms with Gasteiger partial charge in [0.25, 0.3) is 5.69 Å². The summed E-state index contributed by atoms with van der Waals surface area (Å²) >= 11 is 0. The molecule has 0 fully saturated rings. The summed E-state index contributed by atoms with van der Waals surface area (Å²) in [6.07, 6.45) is 0.672. The van der Waals surface area contributed by atoms with Gasteiger partial charge in [-0.2, -0.15) is 0 Å². The molecular formula is C11H14FN3O3. The number of benzene rings is 1. The van der Waals surface area contributed by atoms with Crippen LogP contribution in [0.25, 0.3) is 0 Å². The third-order valence-electron chi connectivity index (χ3n) is 2.20.